The minimum absolute atomic E-state index is 0.0484. The van der Waals surface area contributed by atoms with Crippen LogP contribution in [0.4, 0.5) is 5.69 Å². The van der Waals surface area contributed by atoms with E-state index in [1.165, 1.54) is 11.6 Å². The van der Waals surface area contributed by atoms with Gasteiger partial charge in [-0.25, -0.2) is 0 Å². The van der Waals surface area contributed by atoms with Gasteiger partial charge in [0.1, 0.15) is 18.2 Å². The number of carbonyl (C=O) groups is 1. The highest BCUT2D eigenvalue weighted by Gasteiger charge is 2.15. The van der Waals surface area contributed by atoms with E-state index in [0.717, 1.165) is 16.7 Å². The van der Waals surface area contributed by atoms with Crippen LogP contribution in [-0.2, 0) is 11.4 Å². The molecule has 0 radical (unpaired) electrons. The Morgan fingerprint density at radius 1 is 1.03 bits per heavy atom. The van der Waals surface area contributed by atoms with Crippen molar-refractivity contribution in [1.29, 1.82) is 5.26 Å². The Kier molecular flexibility index (Phi) is 8.34. The molecule has 5 nitrogen and oxygen atoms in total. The lowest BCUT2D eigenvalue weighted by molar-refractivity contribution is -0.112. The molecule has 6 heteroatoms. The maximum atomic E-state index is 12.8. The molecule has 0 heterocycles. The predicted molar refractivity (Wildman–Crippen MR) is 136 cm³/mol. The Hall–Kier alpha value is -3.75. The van der Waals surface area contributed by atoms with Crippen LogP contribution in [0, 0.1) is 32.1 Å². The molecular formula is C28H27ClN2O3. The van der Waals surface area contributed by atoms with Crippen LogP contribution >= 0.6 is 11.6 Å². The molecule has 0 aliphatic rings. The summed E-state index contributed by atoms with van der Waals surface area (Å²) >= 11 is 6.52. The van der Waals surface area contributed by atoms with Crippen LogP contribution < -0.4 is 14.8 Å². The van der Waals surface area contributed by atoms with Crippen molar-refractivity contribution in [2.24, 2.45) is 0 Å². The highest BCUT2D eigenvalue weighted by atomic mass is 35.5. The van der Waals surface area contributed by atoms with Crippen LogP contribution in [0.15, 0.2) is 60.2 Å². The second-order valence-corrected chi connectivity index (χ2v) is 8.39. The largest absolute Gasteiger partial charge is 0.490 e. The van der Waals surface area contributed by atoms with E-state index in [1.807, 2.05) is 76.2 Å². The average Bonchev–Trinajstić information content (AvgIpc) is 2.80. The van der Waals surface area contributed by atoms with Crippen molar-refractivity contribution in [2.75, 3.05) is 11.9 Å². The summed E-state index contributed by atoms with van der Waals surface area (Å²) in [6.45, 7) is 8.46. The molecule has 3 aromatic rings. The van der Waals surface area contributed by atoms with E-state index in [1.54, 1.807) is 12.1 Å². The van der Waals surface area contributed by atoms with E-state index in [9.17, 15) is 10.1 Å². The van der Waals surface area contributed by atoms with Crippen molar-refractivity contribution in [3.05, 3.63) is 93.0 Å². The lowest BCUT2D eigenvalue weighted by atomic mass is 10.1. The van der Waals surface area contributed by atoms with Gasteiger partial charge in [0.05, 0.1) is 11.6 Å². The third-order valence-corrected chi connectivity index (χ3v) is 5.43. The molecule has 0 spiro atoms. The standard InChI is InChI=1S/C28H27ClN2O3/c1-5-33-26-15-22(14-24(29)27(26)34-17-21-10-7-18(2)8-11-21)13-23(16-30)28(32)31-25-12-19(3)6-9-20(25)4/h6-15H,5,17H2,1-4H3,(H,31,32)/b23-13+. The molecule has 0 aliphatic carbocycles. The molecule has 0 aromatic heterocycles. The summed E-state index contributed by atoms with van der Waals surface area (Å²) in [6.07, 6.45) is 1.48. The van der Waals surface area contributed by atoms with E-state index >= 15 is 0 Å². The fourth-order valence-electron chi connectivity index (χ4n) is 3.29. The zero-order chi connectivity index (χ0) is 24.7. The fourth-order valence-corrected chi connectivity index (χ4v) is 3.56. The quantitative estimate of drug-likeness (QED) is 0.288. The Balaban J connectivity index is 1.85. The van der Waals surface area contributed by atoms with Crippen molar-refractivity contribution in [1.82, 2.24) is 0 Å². The van der Waals surface area contributed by atoms with Gasteiger partial charge in [-0.15, -0.1) is 0 Å². The number of hydrogen-bond donors (Lipinski definition) is 1. The molecule has 0 bridgehead atoms. The van der Waals surface area contributed by atoms with Gasteiger partial charge in [-0.05, 0) is 74.2 Å². The summed E-state index contributed by atoms with van der Waals surface area (Å²) in [6, 6.07) is 19.1. The lowest BCUT2D eigenvalue weighted by Gasteiger charge is -2.15. The van der Waals surface area contributed by atoms with Gasteiger partial charge in [0.15, 0.2) is 11.5 Å². The van der Waals surface area contributed by atoms with Crippen molar-refractivity contribution in [3.63, 3.8) is 0 Å². The third-order valence-electron chi connectivity index (χ3n) is 5.15. The number of nitrogens with zero attached hydrogens (tertiary/aromatic N) is 1. The summed E-state index contributed by atoms with van der Waals surface area (Å²) in [5.41, 5.74) is 5.27. The van der Waals surface area contributed by atoms with Gasteiger partial charge < -0.3 is 14.8 Å². The molecule has 34 heavy (non-hydrogen) atoms. The molecule has 0 saturated carbocycles. The van der Waals surface area contributed by atoms with E-state index < -0.39 is 5.91 Å². The minimum atomic E-state index is -0.495. The number of nitrogens with one attached hydrogen (secondary N) is 1. The first-order valence-electron chi connectivity index (χ1n) is 11.0. The molecule has 174 valence electrons. The molecule has 0 fully saturated rings. The highest BCUT2D eigenvalue weighted by Crippen LogP contribution is 2.38. The first-order valence-corrected chi connectivity index (χ1v) is 11.3. The summed E-state index contributed by atoms with van der Waals surface area (Å²) < 4.78 is 11.7. The third kappa shape index (κ3) is 6.40. The van der Waals surface area contributed by atoms with Gasteiger partial charge in [-0.2, -0.15) is 5.26 Å². The molecule has 3 aromatic carbocycles. The SMILES string of the molecule is CCOc1cc(/C=C(\C#N)C(=O)Nc2cc(C)ccc2C)cc(Cl)c1OCc1ccc(C)cc1. The van der Waals surface area contributed by atoms with Gasteiger partial charge in [0, 0.05) is 5.69 Å². The zero-order valence-electron chi connectivity index (χ0n) is 19.7. The van der Waals surface area contributed by atoms with Crippen molar-refractivity contribution in [2.45, 2.75) is 34.3 Å². The zero-order valence-corrected chi connectivity index (χ0v) is 20.5. The second kappa shape index (κ2) is 11.4. The Bertz CT molecular complexity index is 1260. The van der Waals surface area contributed by atoms with Crippen molar-refractivity contribution in [3.8, 4) is 17.6 Å². The number of nitriles is 1. The monoisotopic (exact) mass is 474 g/mol. The van der Waals surface area contributed by atoms with Crippen molar-refractivity contribution >= 4 is 29.3 Å². The van der Waals surface area contributed by atoms with Gasteiger partial charge in [-0.1, -0.05) is 53.6 Å². The fraction of sp³-hybridized carbons (Fsp3) is 0.214. The van der Waals surface area contributed by atoms with E-state index in [0.29, 0.717) is 41.0 Å². The summed E-state index contributed by atoms with van der Waals surface area (Å²) in [4.78, 5) is 12.8. The summed E-state index contributed by atoms with van der Waals surface area (Å²) in [7, 11) is 0. The van der Waals surface area contributed by atoms with Gasteiger partial charge >= 0.3 is 0 Å². The summed E-state index contributed by atoms with van der Waals surface area (Å²) in [5, 5.41) is 12.8. The van der Waals surface area contributed by atoms with Crippen LogP contribution in [0.2, 0.25) is 5.02 Å². The summed E-state index contributed by atoms with van der Waals surface area (Å²) in [5.74, 6) is 0.366. The van der Waals surface area contributed by atoms with E-state index in [2.05, 4.69) is 5.32 Å². The average molecular weight is 475 g/mol. The first-order chi connectivity index (χ1) is 16.3. The molecular weight excluding hydrogens is 448 g/mol. The molecule has 3 rings (SSSR count). The molecule has 0 aliphatic heterocycles. The minimum Gasteiger partial charge on any atom is -0.490 e. The molecule has 0 atom stereocenters. The van der Waals surface area contributed by atoms with Crippen LogP contribution in [0.1, 0.15) is 34.7 Å². The Labute approximate surface area is 205 Å². The van der Waals surface area contributed by atoms with Crippen LogP contribution in [0.3, 0.4) is 0 Å². The first kappa shape index (κ1) is 24.9. The van der Waals surface area contributed by atoms with Crippen molar-refractivity contribution < 1.29 is 14.3 Å². The molecule has 0 saturated heterocycles. The predicted octanol–water partition coefficient (Wildman–Crippen LogP) is 6.79. The van der Waals surface area contributed by atoms with E-state index in [4.69, 9.17) is 21.1 Å². The number of anilines is 1. The van der Waals surface area contributed by atoms with Crippen LogP contribution in [-0.4, -0.2) is 12.5 Å². The highest BCUT2D eigenvalue weighted by molar-refractivity contribution is 6.32. The number of ether oxygens (including phenoxy) is 2. The maximum absolute atomic E-state index is 12.8. The normalized spacial score (nSPS) is 11.0. The topological polar surface area (TPSA) is 71.3 Å². The van der Waals surface area contributed by atoms with Gasteiger partial charge in [0.2, 0.25) is 0 Å². The number of benzene rings is 3. The lowest BCUT2D eigenvalue weighted by Crippen LogP contribution is -2.14. The number of aryl methyl sites for hydroxylation is 3. The Morgan fingerprint density at radius 2 is 1.74 bits per heavy atom. The second-order valence-electron chi connectivity index (χ2n) is 7.98. The van der Waals surface area contributed by atoms with E-state index in [-0.39, 0.29) is 5.57 Å². The number of hydrogen-bond acceptors (Lipinski definition) is 4. The number of amides is 1. The number of rotatable bonds is 8. The van der Waals surface area contributed by atoms with Gasteiger partial charge in [0.25, 0.3) is 5.91 Å². The molecule has 0 unspecified atom stereocenters. The smallest absolute Gasteiger partial charge is 0.266 e. The number of halogens is 1. The Morgan fingerprint density at radius 3 is 2.41 bits per heavy atom. The van der Waals surface area contributed by atoms with Gasteiger partial charge in [-0.3, -0.25) is 4.79 Å². The van der Waals surface area contributed by atoms with Crippen LogP contribution in [0.5, 0.6) is 11.5 Å². The number of carbonyl (C=O) groups excluding carboxylic acids is 1. The van der Waals surface area contributed by atoms with Crippen LogP contribution in [0.25, 0.3) is 6.08 Å². The maximum Gasteiger partial charge on any atom is 0.266 e. The molecule has 1 N–H and O–H groups in total. The molecule has 1 amide bonds.